The minimum atomic E-state index is -2.17. The quantitative estimate of drug-likeness (QED) is 0.0852. The Morgan fingerprint density at radius 3 is 0.794 bits per heavy atom. The van der Waals surface area contributed by atoms with Crippen molar-refractivity contribution in [3.63, 3.8) is 0 Å². The van der Waals surface area contributed by atoms with Crippen molar-refractivity contribution >= 4 is 24.3 Å². The number of hydrogen-bond acceptors (Lipinski definition) is 14. The van der Waals surface area contributed by atoms with Crippen molar-refractivity contribution in [1.29, 1.82) is 0 Å². The first-order chi connectivity index (χ1) is 11.4. The minimum absolute atomic E-state index is 0. The molecule has 0 aromatic heterocycles. The van der Waals surface area contributed by atoms with Gasteiger partial charge in [-0.25, -0.2) is 16.7 Å². The fraction of sp³-hybridized carbons (Fsp3) is 0.214. The van der Waals surface area contributed by atoms with Crippen LogP contribution in [0, 0.1) is 238 Å². The van der Waals surface area contributed by atoms with Crippen LogP contribution in [0.1, 0.15) is 0 Å². The van der Waals surface area contributed by atoms with Gasteiger partial charge in [0.15, 0.2) is 6.67 Å². The number of aliphatic hydroxyl groups is 6. The predicted molar refractivity (Wildman–Crippen MR) is 101 cm³/mol. The topological polar surface area (TPSA) is 239 Å². The first kappa shape index (κ1) is 108. The fourth-order valence-electron chi connectivity index (χ4n) is 0.0931. The van der Waals surface area contributed by atoms with Crippen molar-refractivity contribution in [1.82, 2.24) is 0 Å². The second-order valence-electron chi connectivity index (χ2n) is 1.63. The molecule has 6 N–H and O–H groups in total. The van der Waals surface area contributed by atoms with Crippen LogP contribution >= 0.6 is 0 Å². The van der Waals surface area contributed by atoms with Gasteiger partial charge >= 0.3 is 31.1 Å². The van der Waals surface area contributed by atoms with E-state index in [9.17, 15) is 9.59 Å². The zero-order valence-corrected chi connectivity index (χ0v) is 44.2. The third kappa shape index (κ3) is 478. The van der Waals surface area contributed by atoms with Crippen LogP contribution in [-0.4, -0.2) is 74.9 Å². The van der Waals surface area contributed by atoms with Gasteiger partial charge in [0.2, 0.25) is 12.2 Å². The van der Waals surface area contributed by atoms with Crippen LogP contribution in [0.25, 0.3) is 0 Å². The standard InChI is InChI=1S/C3H2N2O2.2C2H2NO.CH4O3.CH4O2.CH3O.4CH3.6U/c6-2-4-1-5-3-7;2*1-3-2-4;2-1(3)4;2-1-3;1-2;;;;;;;;;;/h1H2;2*1H2;1-4H;2-3H,1H2;2H,1H2;4*1H3;;;;;;/q;2*-1;;;5*-1;;;;;;+2. The van der Waals surface area contributed by atoms with Crippen molar-refractivity contribution in [3.8, 4) is 0 Å². The van der Waals surface area contributed by atoms with Gasteiger partial charge in [-0.15, -0.1) is 0 Å². The molecule has 0 aromatic carbocycles. The fourth-order valence-corrected chi connectivity index (χ4v) is 0.0931. The second kappa shape index (κ2) is 170. The van der Waals surface area contributed by atoms with Crippen LogP contribution in [-0.2, 0) is 19.2 Å². The van der Waals surface area contributed by atoms with E-state index in [1.807, 2.05) is 0 Å². The van der Waals surface area contributed by atoms with E-state index in [2.05, 4.69) is 41.2 Å². The van der Waals surface area contributed by atoms with E-state index >= 15 is 0 Å². The molecule has 0 aliphatic rings. The molecule has 0 aliphatic carbocycles. The molecule has 0 spiro atoms. The van der Waals surface area contributed by atoms with Crippen LogP contribution < -0.4 is 0 Å². The average molecular weight is 1840 g/mol. The number of rotatable bonds is 2. The number of isocyanates is 4. The van der Waals surface area contributed by atoms with Gasteiger partial charge in [-0.3, -0.25) is 0 Å². The Kier molecular flexibility index (Phi) is 542. The molecule has 20 heteroatoms. The molecule has 0 atom stereocenters. The molecule has 194 valence electrons. The van der Waals surface area contributed by atoms with Crippen LogP contribution in [0.5, 0.6) is 0 Å². The molecule has 0 radical (unpaired) electrons. The summed E-state index contributed by atoms with van der Waals surface area (Å²) in [7, 11) is 7.86. The summed E-state index contributed by atoms with van der Waals surface area (Å²) in [5.41, 5.74) is 0. The monoisotopic (exact) mass is 1840 g/mol. The smallest absolute Gasteiger partial charge is 0.569 e. The van der Waals surface area contributed by atoms with Crippen molar-refractivity contribution in [2.75, 3.05) is 13.5 Å². The molecular weight excluding hydrogens is 1810 g/mol. The van der Waals surface area contributed by atoms with E-state index in [1.54, 1.807) is 0 Å². The van der Waals surface area contributed by atoms with Gasteiger partial charge in [-0.2, -0.15) is 24.1 Å². The number of hydrogen-bond donors (Lipinski definition) is 6. The summed E-state index contributed by atoms with van der Waals surface area (Å²) < 4.78 is 0. The van der Waals surface area contributed by atoms with E-state index in [-0.39, 0.29) is 223 Å². The molecule has 0 amide bonds. The van der Waals surface area contributed by atoms with Crippen LogP contribution in [0.4, 0.5) is 0 Å². The first-order valence-corrected chi connectivity index (χ1v) is 4.70. The predicted octanol–water partition coefficient (Wildman–Crippen LogP) is -1.03. The molecule has 0 aromatic rings. The summed E-state index contributed by atoms with van der Waals surface area (Å²) in [4.78, 5) is 47.2. The number of aliphatic hydroxyl groups excluding tert-OH is 3. The van der Waals surface area contributed by atoms with Crippen molar-refractivity contribution in [2.45, 2.75) is 6.48 Å². The molecule has 0 bridgehead atoms. The zero-order valence-electron chi connectivity index (χ0n) is 19.2. The Labute approximate surface area is 345 Å². The van der Waals surface area contributed by atoms with Gasteiger partial charge in [0.25, 0.3) is 6.48 Å². The molecule has 0 aliphatic heterocycles. The number of aliphatic imine (C=N–C) groups is 4. The summed E-state index contributed by atoms with van der Waals surface area (Å²) in [6.45, 7) is -3.08. The molecule has 0 unspecified atom stereocenters. The van der Waals surface area contributed by atoms with Crippen molar-refractivity contribution < 1.29 is 236 Å². The minimum Gasteiger partial charge on any atom is -0.569 e. The molecule has 0 rings (SSSR count). The molecule has 0 saturated carbocycles. The van der Waals surface area contributed by atoms with E-state index in [0.29, 0.717) is 0 Å². The third-order valence-corrected chi connectivity index (χ3v) is 0.400. The third-order valence-electron chi connectivity index (χ3n) is 0.400. The van der Waals surface area contributed by atoms with Crippen molar-refractivity contribution in [3.05, 3.63) is 50.9 Å². The molecule has 0 saturated heterocycles. The maximum absolute atomic E-state index is 9.20. The Balaban J connectivity index is -0.00000000795. The van der Waals surface area contributed by atoms with E-state index in [0.717, 1.165) is 0 Å². The molecule has 0 heterocycles. The number of nitrogens with zero attached hydrogens (tertiary/aromatic N) is 4. The van der Waals surface area contributed by atoms with E-state index < -0.39 is 13.3 Å². The molecule has 0 fully saturated rings. The Morgan fingerprint density at radius 2 is 0.735 bits per heavy atom. The van der Waals surface area contributed by atoms with E-state index in [4.69, 9.17) is 40.2 Å². The normalized spacial score (nSPS) is 3.88. The maximum atomic E-state index is 9.20. The summed E-state index contributed by atoms with van der Waals surface area (Å²) in [5, 5.41) is 42.5. The number of carbonyl (C=O) groups excluding carboxylic acids is 4. The van der Waals surface area contributed by atoms with Gasteiger partial charge in [0, 0.05) is 156 Å². The summed E-state index contributed by atoms with van der Waals surface area (Å²) in [6, 6.07) is 0. The zero-order chi connectivity index (χ0) is 20.6. The van der Waals surface area contributed by atoms with Gasteiger partial charge in [0.1, 0.15) is 6.79 Å². The Bertz CT molecular complexity index is 372. The average Bonchev–Trinajstić information content (AvgIpc) is 2.58. The SMILES string of the molecule is O=C=NCN=C=O.OC(O)O.OCO.[CH2-]N=C=O.[CH2-]N=C=O.[CH2-]O.[CH3-].[CH3-].[CH3-].[CH3-].[U+2].[U].[U].[U].[U].[U]. The second-order valence-corrected chi connectivity index (χ2v) is 1.63. The molecule has 14 nitrogen and oxygen atoms in total. The van der Waals surface area contributed by atoms with Gasteiger partial charge < -0.3 is 79.9 Å². The van der Waals surface area contributed by atoms with E-state index in [1.165, 1.54) is 24.3 Å². The summed E-state index contributed by atoms with van der Waals surface area (Å²) in [6.07, 6.45) is 4.80. The largest absolute Gasteiger partial charge is 2.00 e. The first-order valence-electron chi connectivity index (χ1n) is 4.70. The van der Waals surface area contributed by atoms with Crippen molar-refractivity contribution in [2.24, 2.45) is 20.0 Å². The Morgan fingerprint density at radius 1 is 0.618 bits per heavy atom. The summed E-state index contributed by atoms with van der Waals surface area (Å²) in [5.74, 6) is 0. The molecular formula is C14H29N4O10U6-5. The van der Waals surface area contributed by atoms with Gasteiger partial charge in [-0.1, -0.05) is 0 Å². The Hall–Kier alpha value is 3.33. The van der Waals surface area contributed by atoms with Crippen LogP contribution in [0.15, 0.2) is 20.0 Å². The maximum Gasteiger partial charge on any atom is 2.00 e. The molecule has 34 heavy (non-hydrogen) atoms. The van der Waals surface area contributed by atoms with Crippen LogP contribution in [0.2, 0.25) is 0 Å². The van der Waals surface area contributed by atoms with Crippen LogP contribution in [0.3, 0.4) is 0 Å². The summed E-state index contributed by atoms with van der Waals surface area (Å²) >= 11 is 0. The van der Waals surface area contributed by atoms with Gasteiger partial charge in [0.05, 0.1) is 0 Å². The van der Waals surface area contributed by atoms with Gasteiger partial charge in [-0.05, 0) is 12.2 Å².